The number of carbonyl (C=O) groups is 1. The third kappa shape index (κ3) is 4.12. The number of hydrogen-bond donors (Lipinski definition) is 0. The van der Waals surface area contributed by atoms with Gasteiger partial charge in [0.15, 0.2) is 5.78 Å². The second kappa shape index (κ2) is 8.34. The molecule has 0 aliphatic heterocycles. The number of hydrogen-bond acceptors (Lipinski definition) is 3. The van der Waals surface area contributed by atoms with Crippen LogP contribution in [0, 0.1) is 0 Å². The first kappa shape index (κ1) is 17.7. The molecule has 0 heterocycles. The van der Waals surface area contributed by atoms with Gasteiger partial charge in [0.2, 0.25) is 0 Å². The Hall–Kier alpha value is -3.07. The summed E-state index contributed by atoms with van der Waals surface area (Å²) in [5.74, 6) is 1.66. The summed E-state index contributed by atoms with van der Waals surface area (Å²) in [5, 5.41) is 0. The molecule has 3 aromatic rings. The Bertz CT molecular complexity index is 837. The first-order valence-corrected chi connectivity index (χ1v) is 8.57. The van der Waals surface area contributed by atoms with Crippen LogP contribution in [-0.4, -0.2) is 20.0 Å². The van der Waals surface area contributed by atoms with Crippen molar-refractivity contribution in [2.24, 2.45) is 0 Å². The zero-order chi connectivity index (χ0) is 18.4. The molecule has 0 aliphatic rings. The summed E-state index contributed by atoms with van der Waals surface area (Å²) in [7, 11) is 3.27. The van der Waals surface area contributed by atoms with E-state index in [1.807, 2.05) is 66.7 Å². The molecule has 0 N–H and O–H groups in total. The van der Waals surface area contributed by atoms with Crippen LogP contribution in [0.5, 0.6) is 11.5 Å². The molecule has 1 unspecified atom stereocenters. The molecule has 0 bridgehead atoms. The summed E-state index contributed by atoms with van der Waals surface area (Å²) in [5.41, 5.74) is 2.92. The third-order valence-corrected chi connectivity index (χ3v) is 4.52. The first-order valence-electron chi connectivity index (χ1n) is 8.57. The topological polar surface area (TPSA) is 35.5 Å². The predicted octanol–water partition coefficient (Wildman–Crippen LogP) is 5.11. The van der Waals surface area contributed by atoms with Crippen LogP contribution in [0.1, 0.15) is 33.8 Å². The van der Waals surface area contributed by atoms with Crippen molar-refractivity contribution in [2.45, 2.75) is 12.3 Å². The highest BCUT2D eigenvalue weighted by molar-refractivity contribution is 5.97. The van der Waals surface area contributed by atoms with E-state index in [0.717, 1.165) is 22.6 Å². The first-order chi connectivity index (χ1) is 12.7. The summed E-state index contributed by atoms with van der Waals surface area (Å²) in [4.78, 5) is 12.9. The van der Waals surface area contributed by atoms with E-state index in [2.05, 4.69) is 12.1 Å². The molecule has 0 saturated heterocycles. The molecule has 0 radical (unpaired) electrons. The van der Waals surface area contributed by atoms with Crippen LogP contribution in [0.3, 0.4) is 0 Å². The normalized spacial score (nSPS) is 11.6. The monoisotopic (exact) mass is 346 g/mol. The number of Topliss-reactive ketones (excluding diaryl/α,β-unsaturated/α-hetero) is 1. The van der Waals surface area contributed by atoms with Crippen molar-refractivity contribution in [3.05, 3.63) is 95.6 Å². The predicted molar refractivity (Wildman–Crippen MR) is 103 cm³/mol. The van der Waals surface area contributed by atoms with Crippen molar-refractivity contribution < 1.29 is 14.3 Å². The van der Waals surface area contributed by atoms with E-state index in [1.165, 1.54) is 0 Å². The van der Waals surface area contributed by atoms with Crippen LogP contribution in [-0.2, 0) is 0 Å². The molecule has 0 amide bonds. The van der Waals surface area contributed by atoms with E-state index in [1.54, 1.807) is 14.2 Å². The Morgan fingerprint density at radius 2 is 1.23 bits per heavy atom. The van der Waals surface area contributed by atoms with Gasteiger partial charge in [0.05, 0.1) is 14.2 Å². The average molecular weight is 346 g/mol. The van der Waals surface area contributed by atoms with Gasteiger partial charge in [0.1, 0.15) is 11.5 Å². The van der Waals surface area contributed by atoms with Gasteiger partial charge in [-0.1, -0.05) is 42.5 Å². The van der Waals surface area contributed by atoms with Gasteiger partial charge in [0, 0.05) is 17.9 Å². The van der Waals surface area contributed by atoms with Gasteiger partial charge in [-0.25, -0.2) is 0 Å². The van der Waals surface area contributed by atoms with Crippen molar-refractivity contribution in [2.75, 3.05) is 14.2 Å². The van der Waals surface area contributed by atoms with Crippen molar-refractivity contribution in [1.29, 1.82) is 0 Å². The van der Waals surface area contributed by atoms with Crippen LogP contribution >= 0.6 is 0 Å². The minimum absolute atomic E-state index is 0.00305. The molecule has 132 valence electrons. The van der Waals surface area contributed by atoms with E-state index in [9.17, 15) is 4.79 Å². The van der Waals surface area contributed by atoms with Crippen LogP contribution in [0.15, 0.2) is 78.9 Å². The quantitative estimate of drug-likeness (QED) is 0.558. The molecule has 0 spiro atoms. The molecule has 0 fully saturated rings. The van der Waals surface area contributed by atoms with Crippen molar-refractivity contribution >= 4 is 5.78 Å². The molecule has 3 heteroatoms. The molecule has 0 saturated carbocycles. The van der Waals surface area contributed by atoms with E-state index in [4.69, 9.17) is 9.47 Å². The number of rotatable bonds is 7. The maximum absolute atomic E-state index is 12.9. The molecule has 1 atom stereocenters. The Morgan fingerprint density at radius 3 is 1.77 bits per heavy atom. The van der Waals surface area contributed by atoms with Crippen molar-refractivity contribution in [3.63, 3.8) is 0 Å². The number of methoxy groups -OCH3 is 2. The van der Waals surface area contributed by atoms with Crippen LogP contribution in [0.2, 0.25) is 0 Å². The van der Waals surface area contributed by atoms with Gasteiger partial charge in [-0.2, -0.15) is 0 Å². The van der Waals surface area contributed by atoms with Crippen LogP contribution in [0.4, 0.5) is 0 Å². The van der Waals surface area contributed by atoms with Gasteiger partial charge < -0.3 is 9.47 Å². The highest BCUT2D eigenvalue weighted by atomic mass is 16.5. The van der Waals surface area contributed by atoms with E-state index in [0.29, 0.717) is 12.0 Å². The molecule has 3 nitrogen and oxygen atoms in total. The fourth-order valence-corrected chi connectivity index (χ4v) is 3.03. The highest BCUT2D eigenvalue weighted by Crippen LogP contribution is 2.30. The fourth-order valence-electron chi connectivity index (χ4n) is 3.03. The highest BCUT2D eigenvalue weighted by Gasteiger charge is 2.19. The number of carbonyl (C=O) groups excluding carboxylic acids is 1. The Labute approximate surface area is 154 Å². The van der Waals surface area contributed by atoms with Crippen molar-refractivity contribution in [1.82, 2.24) is 0 Å². The minimum atomic E-state index is -0.00305. The summed E-state index contributed by atoms with van der Waals surface area (Å²) in [6.45, 7) is 0. The summed E-state index contributed by atoms with van der Waals surface area (Å²) in [6, 6.07) is 25.3. The summed E-state index contributed by atoms with van der Waals surface area (Å²) < 4.78 is 10.4. The molecular formula is C23H22O3. The van der Waals surface area contributed by atoms with Gasteiger partial charge in [-0.3, -0.25) is 4.79 Å². The number of ketones is 1. The zero-order valence-corrected chi connectivity index (χ0v) is 15.0. The van der Waals surface area contributed by atoms with Gasteiger partial charge in [-0.15, -0.1) is 0 Å². The lowest BCUT2D eigenvalue weighted by atomic mass is 9.86. The minimum Gasteiger partial charge on any atom is -0.497 e. The standard InChI is InChI=1S/C23H22O3/c1-25-20-12-8-18(9-13-20)22(17-6-4-3-5-7-17)16-23(24)19-10-14-21(26-2)15-11-19/h3-15,22H,16H2,1-2H3. The Morgan fingerprint density at radius 1 is 0.731 bits per heavy atom. The Balaban J connectivity index is 1.88. The second-order valence-electron chi connectivity index (χ2n) is 6.09. The number of benzene rings is 3. The lowest BCUT2D eigenvalue weighted by Gasteiger charge is -2.18. The van der Waals surface area contributed by atoms with Crippen LogP contribution in [0.25, 0.3) is 0 Å². The van der Waals surface area contributed by atoms with Gasteiger partial charge in [0.25, 0.3) is 0 Å². The molecule has 3 rings (SSSR count). The average Bonchev–Trinajstić information content (AvgIpc) is 2.72. The maximum Gasteiger partial charge on any atom is 0.163 e. The molecule has 0 aromatic heterocycles. The largest absolute Gasteiger partial charge is 0.497 e. The smallest absolute Gasteiger partial charge is 0.163 e. The SMILES string of the molecule is COc1ccc(C(=O)CC(c2ccccc2)c2ccc(OC)cc2)cc1. The van der Waals surface area contributed by atoms with Gasteiger partial charge >= 0.3 is 0 Å². The lowest BCUT2D eigenvalue weighted by Crippen LogP contribution is -2.09. The van der Waals surface area contributed by atoms with Crippen LogP contribution < -0.4 is 9.47 Å². The molecular weight excluding hydrogens is 324 g/mol. The third-order valence-electron chi connectivity index (χ3n) is 4.52. The lowest BCUT2D eigenvalue weighted by molar-refractivity contribution is 0.0977. The van der Waals surface area contributed by atoms with Crippen molar-refractivity contribution in [3.8, 4) is 11.5 Å². The van der Waals surface area contributed by atoms with E-state index in [-0.39, 0.29) is 11.7 Å². The molecule has 26 heavy (non-hydrogen) atoms. The van der Waals surface area contributed by atoms with E-state index >= 15 is 0 Å². The van der Waals surface area contributed by atoms with E-state index < -0.39 is 0 Å². The summed E-state index contributed by atoms with van der Waals surface area (Å²) >= 11 is 0. The molecule has 3 aromatic carbocycles. The Kier molecular flexibility index (Phi) is 5.69. The second-order valence-corrected chi connectivity index (χ2v) is 6.09. The number of ether oxygens (including phenoxy) is 2. The van der Waals surface area contributed by atoms with Gasteiger partial charge in [-0.05, 0) is 47.5 Å². The fraction of sp³-hybridized carbons (Fsp3) is 0.174. The zero-order valence-electron chi connectivity index (χ0n) is 15.0. The molecule has 0 aliphatic carbocycles. The maximum atomic E-state index is 12.9. The summed E-state index contributed by atoms with van der Waals surface area (Å²) in [6.07, 6.45) is 0.405.